The Morgan fingerprint density at radius 1 is 1.57 bits per heavy atom. The fourth-order valence-electron chi connectivity index (χ4n) is 0.906. The van der Waals surface area contributed by atoms with Crippen molar-refractivity contribution in [2.45, 2.75) is 0 Å². The number of hydrogen-bond acceptors (Lipinski definition) is 1. The molecule has 0 fully saturated rings. The van der Waals surface area contributed by atoms with E-state index in [1.54, 1.807) is 6.08 Å². The molecule has 0 atom stereocenters. The summed E-state index contributed by atoms with van der Waals surface area (Å²) in [7, 11) is 0. The van der Waals surface area contributed by atoms with Gasteiger partial charge in [0.1, 0.15) is 0 Å². The summed E-state index contributed by atoms with van der Waals surface area (Å²) in [6, 6.07) is 8.03. The lowest BCUT2D eigenvalue weighted by Gasteiger charge is -2.08. The zero-order chi connectivity index (χ0) is 10.4. The fraction of sp³-hybridized carbons (Fsp3) is 0.100. The maximum Gasteiger partial charge on any atom is 0.171 e. The van der Waals surface area contributed by atoms with Crippen LogP contribution >= 0.6 is 34.8 Å². The van der Waals surface area contributed by atoms with E-state index in [4.69, 9.17) is 12.2 Å². The van der Waals surface area contributed by atoms with Crippen molar-refractivity contribution < 1.29 is 0 Å². The summed E-state index contributed by atoms with van der Waals surface area (Å²) in [5.74, 6) is 0. The molecular weight excluding hydrogens is 307 g/mol. The number of nitrogens with one attached hydrogen (secondary N) is 2. The second-order valence-corrected chi connectivity index (χ2v) is 4.29. The summed E-state index contributed by atoms with van der Waals surface area (Å²) in [6.45, 7) is 4.28. The van der Waals surface area contributed by atoms with E-state index in [0.717, 1.165) is 5.69 Å². The van der Waals surface area contributed by atoms with Crippen LogP contribution in [0.3, 0.4) is 0 Å². The van der Waals surface area contributed by atoms with E-state index in [2.05, 4.69) is 39.8 Å². The molecule has 0 heterocycles. The van der Waals surface area contributed by atoms with Crippen LogP contribution in [0.1, 0.15) is 0 Å². The first-order valence-electron chi connectivity index (χ1n) is 4.13. The van der Waals surface area contributed by atoms with E-state index in [-0.39, 0.29) is 0 Å². The van der Waals surface area contributed by atoms with E-state index in [1.165, 1.54) is 3.57 Å². The Labute approximate surface area is 103 Å². The Morgan fingerprint density at radius 3 is 3.00 bits per heavy atom. The molecule has 2 nitrogen and oxygen atoms in total. The van der Waals surface area contributed by atoms with Crippen molar-refractivity contribution in [2.24, 2.45) is 0 Å². The topological polar surface area (TPSA) is 24.1 Å². The first kappa shape index (κ1) is 11.5. The average Bonchev–Trinajstić information content (AvgIpc) is 2.15. The maximum absolute atomic E-state index is 5.07. The van der Waals surface area contributed by atoms with Crippen molar-refractivity contribution in [1.29, 1.82) is 0 Å². The van der Waals surface area contributed by atoms with Gasteiger partial charge in [-0.1, -0.05) is 12.1 Å². The van der Waals surface area contributed by atoms with Crippen molar-refractivity contribution in [3.05, 3.63) is 40.5 Å². The van der Waals surface area contributed by atoms with Crippen LogP contribution in [0.5, 0.6) is 0 Å². The van der Waals surface area contributed by atoms with Crippen LogP contribution in [0.25, 0.3) is 0 Å². The minimum absolute atomic E-state index is 0.618. The number of halogens is 1. The predicted molar refractivity (Wildman–Crippen MR) is 73.6 cm³/mol. The summed E-state index contributed by atoms with van der Waals surface area (Å²) in [5, 5.41) is 6.70. The maximum atomic E-state index is 5.07. The van der Waals surface area contributed by atoms with Gasteiger partial charge in [-0.2, -0.15) is 0 Å². The molecule has 1 aromatic carbocycles. The van der Waals surface area contributed by atoms with Gasteiger partial charge in [0.05, 0.1) is 0 Å². The zero-order valence-electron chi connectivity index (χ0n) is 7.59. The minimum atomic E-state index is 0.618. The molecule has 0 saturated carbocycles. The standard InChI is InChI=1S/C10H11IN2S/c1-2-6-12-10(14)13-9-5-3-4-8(11)7-9/h2-5,7H,1,6H2,(H2,12,13,14). The lowest BCUT2D eigenvalue weighted by molar-refractivity contribution is 1.06. The first-order chi connectivity index (χ1) is 6.72. The number of anilines is 1. The number of hydrogen-bond donors (Lipinski definition) is 2. The Morgan fingerprint density at radius 2 is 2.36 bits per heavy atom. The highest BCUT2D eigenvalue weighted by molar-refractivity contribution is 14.1. The minimum Gasteiger partial charge on any atom is -0.359 e. The molecule has 0 spiro atoms. The SMILES string of the molecule is C=CCNC(=S)Nc1cccc(I)c1. The van der Waals surface area contributed by atoms with E-state index in [9.17, 15) is 0 Å². The summed E-state index contributed by atoms with van der Waals surface area (Å²) < 4.78 is 1.18. The molecule has 0 aliphatic rings. The van der Waals surface area contributed by atoms with Gasteiger partial charge < -0.3 is 10.6 Å². The molecule has 0 saturated heterocycles. The van der Waals surface area contributed by atoms with Crippen LogP contribution in [-0.4, -0.2) is 11.7 Å². The van der Waals surface area contributed by atoms with Gasteiger partial charge in [0.25, 0.3) is 0 Å². The van der Waals surface area contributed by atoms with Gasteiger partial charge in [-0.3, -0.25) is 0 Å². The van der Waals surface area contributed by atoms with Crippen LogP contribution in [0.2, 0.25) is 0 Å². The average molecular weight is 318 g/mol. The zero-order valence-corrected chi connectivity index (χ0v) is 10.6. The highest BCUT2D eigenvalue weighted by Gasteiger charge is 1.95. The number of thiocarbonyl (C=S) groups is 1. The van der Waals surface area contributed by atoms with Crippen molar-refractivity contribution in [3.63, 3.8) is 0 Å². The van der Waals surface area contributed by atoms with Crippen molar-refractivity contribution in [3.8, 4) is 0 Å². The molecule has 0 unspecified atom stereocenters. The first-order valence-corrected chi connectivity index (χ1v) is 5.62. The van der Waals surface area contributed by atoms with E-state index in [1.807, 2.05) is 24.3 Å². The molecule has 14 heavy (non-hydrogen) atoms. The molecule has 74 valence electrons. The van der Waals surface area contributed by atoms with Crippen LogP contribution in [0.4, 0.5) is 5.69 Å². The highest BCUT2D eigenvalue weighted by Crippen LogP contribution is 2.11. The van der Waals surface area contributed by atoms with Crippen LogP contribution < -0.4 is 10.6 Å². The van der Waals surface area contributed by atoms with Crippen molar-refractivity contribution in [2.75, 3.05) is 11.9 Å². The van der Waals surface area contributed by atoms with Gasteiger partial charge in [-0.25, -0.2) is 0 Å². The number of benzene rings is 1. The molecular formula is C10H11IN2S. The van der Waals surface area contributed by atoms with Crippen LogP contribution in [-0.2, 0) is 0 Å². The van der Waals surface area contributed by atoms with Crippen molar-refractivity contribution in [1.82, 2.24) is 5.32 Å². The van der Waals surface area contributed by atoms with E-state index in [0.29, 0.717) is 11.7 Å². The second-order valence-electron chi connectivity index (χ2n) is 2.63. The Kier molecular flexibility index (Phi) is 4.89. The lowest BCUT2D eigenvalue weighted by Crippen LogP contribution is -2.28. The second kappa shape index (κ2) is 5.98. The Balaban J connectivity index is 2.51. The van der Waals surface area contributed by atoms with E-state index < -0.39 is 0 Å². The fourth-order valence-corrected chi connectivity index (χ4v) is 1.65. The molecule has 4 heteroatoms. The van der Waals surface area contributed by atoms with Gasteiger partial charge >= 0.3 is 0 Å². The molecule has 2 N–H and O–H groups in total. The molecule has 0 bridgehead atoms. The predicted octanol–water partition coefficient (Wildman–Crippen LogP) is 2.76. The van der Waals surface area contributed by atoms with Crippen molar-refractivity contribution >= 4 is 45.6 Å². The molecule has 1 aromatic rings. The summed E-state index contributed by atoms with van der Waals surface area (Å²) >= 11 is 7.33. The Hall–Kier alpha value is -0.620. The van der Waals surface area contributed by atoms with Gasteiger partial charge in [0.2, 0.25) is 0 Å². The summed E-state index contributed by atoms with van der Waals surface area (Å²) in [4.78, 5) is 0. The molecule has 0 radical (unpaired) electrons. The largest absolute Gasteiger partial charge is 0.359 e. The highest BCUT2D eigenvalue weighted by atomic mass is 127. The third-order valence-electron chi connectivity index (χ3n) is 1.49. The molecule has 1 rings (SSSR count). The quantitative estimate of drug-likeness (QED) is 0.509. The van der Waals surface area contributed by atoms with Gasteiger partial charge in [-0.05, 0) is 53.0 Å². The third kappa shape index (κ3) is 4.06. The van der Waals surface area contributed by atoms with Crippen LogP contribution in [0.15, 0.2) is 36.9 Å². The smallest absolute Gasteiger partial charge is 0.171 e. The van der Waals surface area contributed by atoms with E-state index >= 15 is 0 Å². The van der Waals surface area contributed by atoms with Gasteiger partial charge in [-0.15, -0.1) is 6.58 Å². The summed E-state index contributed by atoms with van der Waals surface area (Å²) in [6.07, 6.45) is 1.77. The molecule has 0 aliphatic carbocycles. The molecule has 0 aromatic heterocycles. The number of rotatable bonds is 3. The van der Waals surface area contributed by atoms with Gasteiger partial charge in [0, 0.05) is 15.8 Å². The lowest BCUT2D eigenvalue weighted by atomic mass is 10.3. The molecule has 0 amide bonds. The Bertz CT molecular complexity index is 339. The van der Waals surface area contributed by atoms with Crippen LogP contribution in [0, 0.1) is 3.57 Å². The summed E-state index contributed by atoms with van der Waals surface area (Å²) in [5.41, 5.74) is 0.999. The van der Waals surface area contributed by atoms with Gasteiger partial charge in [0.15, 0.2) is 5.11 Å². The normalized spacial score (nSPS) is 9.21. The molecule has 0 aliphatic heterocycles. The monoisotopic (exact) mass is 318 g/mol. The third-order valence-corrected chi connectivity index (χ3v) is 2.41.